The van der Waals surface area contributed by atoms with Gasteiger partial charge in [-0.15, -0.1) is 0 Å². The Kier molecular flexibility index (Phi) is 3.26. The summed E-state index contributed by atoms with van der Waals surface area (Å²) in [6.07, 6.45) is 4.72. The molecule has 2 saturated heterocycles. The highest BCUT2D eigenvalue weighted by Crippen LogP contribution is 2.34. The summed E-state index contributed by atoms with van der Waals surface area (Å²) in [5.41, 5.74) is 0. The predicted molar refractivity (Wildman–Crippen MR) is 55.5 cm³/mol. The normalized spacial score (nSPS) is 35.5. The second kappa shape index (κ2) is 4.49. The van der Waals surface area contributed by atoms with E-state index >= 15 is 0 Å². The maximum atomic E-state index is 11.1. The first-order valence-corrected chi connectivity index (χ1v) is 5.67. The SMILES string of the molecule is COC(=O)CC(C)NC1CC2CCC1O2. The molecule has 2 heterocycles. The molecule has 0 amide bonds. The van der Waals surface area contributed by atoms with E-state index in [1.165, 1.54) is 13.5 Å². The van der Waals surface area contributed by atoms with E-state index in [0.717, 1.165) is 12.8 Å². The standard InChI is InChI=1S/C11H19NO3/c1-7(5-11(13)14-2)12-9-6-8-3-4-10(9)15-8/h7-10,12H,3-6H2,1-2H3. The van der Waals surface area contributed by atoms with Crippen molar-refractivity contribution in [3.63, 3.8) is 0 Å². The summed E-state index contributed by atoms with van der Waals surface area (Å²) in [5.74, 6) is -0.154. The number of hydrogen-bond donors (Lipinski definition) is 1. The van der Waals surface area contributed by atoms with Gasteiger partial charge in [-0.05, 0) is 26.2 Å². The van der Waals surface area contributed by atoms with Crippen LogP contribution in [0.3, 0.4) is 0 Å². The zero-order valence-corrected chi connectivity index (χ0v) is 9.36. The number of fused-ring (bicyclic) bond motifs is 2. The molecule has 0 aromatic rings. The minimum atomic E-state index is -0.154. The number of esters is 1. The van der Waals surface area contributed by atoms with E-state index in [1.54, 1.807) is 0 Å². The zero-order chi connectivity index (χ0) is 10.8. The molecule has 0 radical (unpaired) electrons. The van der Waals surface area contributed by atoms with E-state index in [-0.39, 0.29) is 12.0 Å². The van der Waals surface area contributed by atoms with E-state index in [4.69, 9.17) is 4.74 Å². The van der Waals surface area contributed by atoms with Gasteiger partial charge in [-0.2, -0.15) is 0 Å². The van der Waals surface area contributed by atoms with Crippen molar-refractivity contribution in [1.29, 1.82) is 0 Å². The Morgan fingerprint density at radius 3 is 2.93 bits per heavy atom. The van der Waals surface area contributed by atoms with E-state index in [0.29, 0.717) is 24.7 Å². The zero-order valence-electron chi connectivity index (χ0n) is 9.36. The smallest absolute Gasteiger partial charge is 0.307 e. The first-order chi connectivity index (χ1) is 7.19. The molecule has 2 aliphatic rings. The molecule has 2 rings (SSSR count). The van der Waals surface area contributed by atoms with E-state index in [9.17, 15) is 4.79 Å². The van der Waals surface area contributed by atoms with E-state index < -0.39 is 0 Å². The molecule has 4 unspecified atom stereocenters. The molecule has 0 spiro atoms. The average Bonchev–Trinajstić information content (AvgIpc) is 2.78. The molecule has 0 aromatic carbocycles. The maximum Gasteiger partial charge on any atom is 0.307 e. The summed E-state index contributed by atoms with van der Waals surface area (Å²) in [6, 6.07) is 0.605. The van der Waals surface area contributed by atoms with Gasteiger partial charge in [-0.25, -0.2) is 0 Å². The molecule has 0 aliphatic carbocycles. The quantitative estimate of drug-likeness (QED) is 0.703. The second-order valence-corrected chi connectivity index (χ2v) is 4.56. The average molecular weight is 213 g/mol. The number of methoxy groups -OCH3 is 1. The third-order valence-electron chi connectivity index (χ3n) is 3.31. The lowest BCUT2D eigenvalue weighted by molar-refractivity contribution is -0.141. The van der Waals surface area contributed by atoms with Crippen LogP contribution in [0.1, 0.15) is 32.6 Å². The molecule has 0 aromatic heterocycles. The maximum absolute atomic E-state index is 11.1. The van der Waals surface area contributed by atoms with Crippen molar-refractivity contribution in [1.82, 2.24) is 5.32 Å². The Hall–Kier alpha value is -0.610. The van der Waals surface area contributed by atoms with Crippen molar-refractivity contribution in [2.45, 2.75) is 56.9 Å². The summed E-state index contributed by atoms with van der Waals surface area (Å²) in [4.78, 5) is 11.1. The van der Waals surface area contributed by atoms with Gasteiger partial charge in [0.15, 0.2) is 0 Å². The summed E-state index contributed by atoms with van der Waals surface area (Å²) >= 11 is 0. The molecule has 15 heavy (non-hydrogen) atoms. The highest BCUT2D eigenvalue weighted by atomic mass is 16.5. The Balaban J connectivity index is 1.75. The van der Waals surface area contributed by atoms with E-state index in [1.807, 2.05) is 6.92 Å². The van der Waals surface area contributed by atoms with Gasteiger partial charge in [0.05, 0.1) is 25.7 Å². The minimum Gasteiger partial charge on any atom is -0.469 e. The number of rotatable bonds is 4. The first kappa shape index (κ1) is 10.9. The van der Waals surface area contributed by atoms with Gasteiger partial charge in [0.1, 0.15) is 0 Å². The largest absolute Gasteiger partial charge is 0.469 e. The molecule has 2 aliphatic heterocycles. The van der Waals surface area contributed by atoms with Crippen LogP contribution in [0.2, 0.25) is 0 Å². The van der Waals surface area contributed by atoms with Crippen LogP contribution in [0.25, 0.3) is 0 Å². The van der Waals surface area contributed by atoms with Crippen molar-refractivity contribution in [2.24, 2.45) is 0 Å². The van der Waals surface area contributed by atoms with Gasteiger partial charge in [0.2, 0.25) is 0 Å². The van der Waals surface area contributed by atoms with Gasteiger partial charge >= 0.3 is 5.97 Å². The third-order valence-corrected chi connectivity index (χ3v) is 3.31. The monoisotopic (exact) mass is 213 g/mol. The Labute approximate surface area is 90.3 Å². The van der Waals surface area contributed by atoms with Gasteiger partial charge < -0.3 is 14.8 Å². The van der Waals surface area contributed by atoms with Crippen LogP contribution in [0.15, 0.2) is 0 Å². The molecule has 4 atom stereocenters. The summed E-state index contributed by atoms with van der Waals surface area (Å²) in [7, 11) is 1.43. The molecule has 1 N–H and O–H groups in total. The lowest BCUT2D eigenvalue weighted by atomic mass is 9.95. The highest BCUT2D eigenvalue weighted by Gasteiger charge is 2.40. The predicted octanol–water partition coefficient (Wildman–Crippen LogP) is 0.847. The molecule has 4 heteroatoms. The fourth-order valence-electron chi connectivity index (χ4n) is 2.57. The summed E-state index contributed by atoms with van der Waals surface area (Å²) < 4.78 is 10.4. The van der Waals surface area contributed by atoms with Crippen molar-refractivity contribution >= 4 is 5.97 Å². The van der Waals surface area contributed by atoms with Crippen LogP contribution in [0.4, 0.5) is 0 Å². The molecule has 4 nitrogen and oxygen atoms in total. The third kappa shape index (κ3) is 2.49. The van der Waals surface area contributed by atoms with Gasteiger partial charge in [-0.3, -0.25) is 4.79 Å². The molecule has 86 valence electrons. The van der Waals surface area contributed by atoms with Crippen molar-refractivity contribution in [3.8, 4) is 0 Å². The van der Waals surface area contributed by atoms with Crippen LogP contribution in [0, 0.1) is 0 Å². The molecular weight excluding hydrogens is 194 g/mol. The first-order valence-electron chi connectivity index (χ1n) is 5.67. The van der Waals surface area contributed by atoms with E-state index in [2.05, 4.69) is 10.1 Å². The number of carbonyl (C=O) groups excluding carboxylic acids is 1. The Morgan fingerprint density at radius 1 is 1.60 bits per heavy atom. The molecule has 2 fully saturated rings. The van der Waals surface area contributed by atoms with Crippen LogP contribution < -0.4 is 5.32 Å². The fourth-order valence-corrected chi connectivity index (χ4v) is 2.57. The van der Waals surface area contributed by atoms with Crippen LogP contribution in [-0.2, 0) is 14.3 Å². The fraction of sp³-hybridized carbons (Fsp3) is 0.909. The summed E-state index contributed by atoms with van der Waals surface area (Å²) in [6.45, 7) is 2.02. The molecule has 2 bridgehead atoms. The van der Waals surface area contributed by atoms with Crippen molar-refractivity contribution < 1.29 is 14.3 Å². The molecule has 0 saturated carbocycles. The topological polar surface area (TPSA) is 47.6 Å². The number of ether oxygens (including phenoxy) is 2. The van der Waals surface area contributed by atoms with Crippen LogP contribution >= 0.6 is 0 Å². The lowest BCUT2D eigenvalue weighted by Crippen LogP contribution is -2.43. The summed E-state index contributed by atoms with van der Waals surface area (Å²) in [5, 5.41) is 3.45. The minimum absolute atomic E-state index is 0.154. The van der Waals surface area contributed by atoms with Gasteiger partial charge in [-0.1, -0.05) is 0 Å². The van der Waals surface area contributed by atoms with Gasteiger partial charge in [0.25, 0.3) is 0 Å². The lowest BCUT2D eigenvalue weighted by Gasteiger charge is -2.23. The Bertz CT molecular complexity index is 244. The second-order valence-electron chi connectivity index (χ2n) is 4.56. The Morgan fingerprint density at radius 2 is 2.40 bits per heavy atom. The van der Waals surface area contributed by atoms with Crippen LogP contribution in [-0.4, -0.2) is 37.4 Å². The van der Waals surface area contributed by atoms with Crippen molar-refractivity contribution in [3.05, 3.63) is 0 Å². The van der Waals surface area contributed by atoms with Crippen LogP contribution in [0.5, 0.6) is 0 Å². The molecular formula is C11H19NO3. The number of nitrogens with one attached hydrogen (secondary N) is 1. The van der Waals surface area contributed by atoms with Gasteiger partial charge in [0, 0.05) is 12.1 Å². The van der Waals surface area contributed by atoms with Crippen molar-refractivity contribution in [2.75, 3.05) is 7.11 Å². The highest BCUT2D eigenvalue weighted by molar-refractivity contribution is 5.69. The number of hydrogen-bond acceptors (Lipinski definition) is 4. The number of carbonyl (C=O) groups is 1.